The summed E-state index contributed by atoms with van der Waals surface area (Å²) >= 11 is 0. The molecule has 0 saturated carbocycles. The zero-order valence-electron chi connectivity index (χ0n) is 19.3. The number of carboxylic acids is 2. The minimum atomic E-state index is -0.933. The molecule has 0 saturated heterocycles. The third-order valence-electron chi connectivity index (χ3n) is 4.94. The maximum Gasteiger partial charge on any atom is 0.320 e. The molecule has 0 aromatic carbocycles. The average molecular weight is 429 g/mol. The molecule has 0 fully saturated rings. The van der Waals surface area contributed by atoms with E-state index in [9.17, 15) is 9.59 Å². The monoisotopic (exact) mass is 428 g/mol. The molecule has 0 aliphatic heterocycles. The first-order valence-electron chi connectivity index (χ1n) is 12.0. The van der Waals surface area contributed by atoms with E-state index in [-0.39, 0.29) is 0 Å². The minimum absolute atomic E-state index is 0.332. The minimum Gasteiger partial charge on any atom is -0.481 e. The Morgan fingerprint density at radius 2 is 1.27 bits per heavy atom. The molecule has 6 nitrogen and oxygen atoms in total. The number of aliphatic carboxylic acids is 2. The van der Waals surface area contributed by atoms with Crippen LogP contribution >= 0.6 is 0 Å². The molecular weight excluding hydrogens is 380 g/mol. The molecule has 0 aliphatic carbocycles. The molecule has 0 amide bonds. The van der Waals surface area contributed by atoms with Crippen LogP contribution in [0.5, 0.6) is 0 Å². The van der Waals surface area contributed by atoms with Crippen LogP contribution in [0.3, 0.4) is 0 Å². The number of unbranched alkanes of at least 4 members (excludes halogenated alkanes) is 12. The molecule has 178 valence electrons. The smallest absolute Gasteiger partial charge is 0.320 e. The van der Waals surface area contributed by atoms with Gasteiger partial charge in [-0.1, -0.05) is 76.9 Å². The number of allylic oxidation sites excluding steroid dienone is 2. The van der Waals surface area contributed by atoms with Crippen molar-refractivity contribution in [2.75, 3.05) is 6.54 Å². The summed E-state index contributed by atoms with van der Waals surface area (Å²) in [5, 5.41) is 16.8. The fourth-order valence-corrected chi connectivity index (χ4v) is 2.98. The van der Waals surface area contributed by atoms with E-state index < -0.39 is 18.0 Å². The maximum atomic E-state index is 10.3. The Morgan fingerprint density at radius 1 is 0.767 bits per heavy atom. The fraction of sp³-hybridized carbons (Fsp3) is 0.833. The first-order chi connectivity index (χ1) is 14.5. The van der Waals surface area contributed by atoms with Crippen molar-refractivity contribution < 1.29 is 19.8 Å². The van der Waals surface area contributed by atoms with Crippen molar-refractivity contribution in [3.8, 4) is 0 Å². The third kappa shape index (κ3) is 28.8. The third-order valence-corrected chi connectivity index (χ3v) is 4.94. The SMILES string of the molecule is CCCCCCCCC=CCCCCCCCC(=O)O.NCCCC[C@H](N)C(=O)O. The van der Waals surface area contributed by atoms with Crippen molar-refractivity contribution in [2.24, 2.45) is 11.5 Å². The molecule has 0 aromatic rings. The normalized spacial score (nSPS) is 11.8. The zero-order valence-corrected chi connectivity index (χ0v) is 19.3. The standard InChI is InChI=1S/C18H34O2.C6H14N2O2/c1-2-3-4-5-6-7-8-9-10-11-12-13-14-15-16-17-18(19)20;7-4-2-1-3-5(8)6(9)10/h9-10H,2-8,11-17H2,1H3,(H,19,20);5H,1-4,7-8H2,(H,9,10)/t;5-/m.0/s1. The van der Waals surface area contributed by atoms with E-state index in [2.05, 4.69) is 19.1 Å². The lowest BCUT2D eigenvalue weighted by atomic mass is 10.1. The molecule has 0 unspecified atom stereocenters. The molecule has 6 heteroatoms. The quantitative estimate of drug-likeness (QED) is 0.147. The van der Waals surface area contributed by atoms with Crippen molar-refractivity contribution in [2.45, 2.75) is 122 Å². The highest BCUT2D eigenvalue weighted by molar-refractivity contribution is 5.72. The lowest BCUT2D eigenvalue weighted by Crippen LogP contribution is -2.29. The number of hydrogen-bond acceptors (Lipinski definition) is 4. The van der Waals surface area contributed by atoms with Gasteiger partial charge in [-0.2, -0.15) is 0 Å². The van der Waals surface area contributed by atoms with Gasteiger partial charge in [0.05, 0.1) is 0 Å². The van der Waals surface area contributed by atoms with Crippen LogP contribution in [0.1, 0.15) is 116 Å². The van der Waals surface area contributed by atoms with Gasteiger partial charge in [-0.15, -0.1) is 0 Å². The Hall–Kier alpha value is -1.40. The van der Waals surface area contributed by atoms with Gasteiger partial charge in [-0.3, -0.25) is 9.59 Å². The van der Waals surface area contributed by atoms with Crippen LogP contribution in [0.4, 0.5) is 0 Å². The van der Waals surface area contributed by atoms with E-state index in [1.807, 2.05) is 0 Å². The van der Waals surface area contributed by atoms with Crippen LogP contribution < -0.4 is 11.5 Å². The van der Waals surface area contributed by atoms with Crippen LogP contribution in [0.2, 0.25) is 0 Å². The summed E-state index contributed by atoms with van der Waals surface area (Å²) in [6.07, 6.45) is 23.4. The zero-order chi connectivity index (χ0) is 22.9. The van der Waals surface area contributed by atoms with E-state index >= 15 is 0 Å². The largest absolute Gasteiger partial charge is 0.481 e. The number of carboxylic acid groups (broad SMARTS) is 2. The van der Waals surface area contributed by atoms with Crippen molar-refractivity contribution in [1.29, 1.82) is 0 Å². The number of hydrogen-bond donors (Lipinski definition) is 4. The highest BCUT2D eigenvalue weighted by atomic mass is 16.4. The summed E-state index contributed by atoms with van der Waals surface area (Å²) in [6.45, 7) is 2.86. The summed E-state index contributed by atoms with van der Waals surface area (Å²) in [6, 6.07) is -0.716. The summed E-state index contributed by atoms with van der Waals surface area (Å²) in [5.41, 5.74) is 10.4. The van der Waals surface area contributed by atoms with E-state index in [1.165, 1.54) is 70.6 Å². The first kappa shape index (κ1) is 30.8. The molecule has 0 spiro atoms. The van der Waals surface area contributed by atoms with Crippen molar-refractivity contribution in [1.82, 2.24) is 0 Å². The van der Waals surface area contributed by atoms with Crippen molar-refractivity contribution >= 4 is 11.9 Å². The van der Waals surface area contributed by atoms with Gasteiger partial charge in [-0.05, 0) is 51.5 Å². The highest BCUT2D eigenvalue weighted by Crippen LogP contribution is 2.09. The molecule has 0 bridgehead atoms. The molecule has 0 aliphatic rings. The van der Waals surface area contributed by atoms with Crippen molar-refractivity contribution in [3.63, 3.8) is 0 Å². The van der Waals surface area contributed by atoms with Gasteiger partial charge in [0, 0.05) is 6.42 Å². The van der Waals surface area contributed by atoms with Gasteiger partial charge in [-0.25, -0.2) is 0 Å². The lowest BCUT2D eigenvalue weighted by Gasteiger charge is -2.03. The topological polar surface area (TPSA) is 127 Å². The summed E-state index contributed by atoms with van der Waals surface area (Å²) in [5.74, 6) is -1.60. The fourth-order valence-electron chi connectivity index (χ4n) is 2.98. The summed E-state index contributed by atoms with van der Waals surface area (Å²) in [4.78, 5) is 20.5. The Bertz CT molecular complexity index is 414. The second-order valence-electron chi connectivity index (χ2n) is 7.96. The van der Waals surface area contributed by atoms with E-state index in [0.717, 1.165) is 25.7 Å². The van der Waals surface area contributed by atoms with E-state index in [1.54, 1.807) is 0 Å². The van der Waals surface area contributed by atoms with Gasteiger partial charge in [0.1, 0.15) is 6.04 Å². The van der Waals surface area contributed by atoms with Gasteiger partial charge in [0.25, 0.3) is 0 Å². The van der Waals surface area contributed by atoms with E-state index in [0.29, 0.717) is 19.4 Å². The second-order valence-corrected chi connectivity index (χ2v) is 7.96. The lowest BCUT2D eigenvalue weighted by molar-refractivity contribution is -0.139. The predicted molar refractivity (Wildman–Crippen MR) is 126 cm³/mol. The number of nitrogens with two attached hydrogens (primary N) is 2. The average Bonchev–Trinajstić information content (AvgIpc) is 2.71. The van der Waals surface area contributed by atoms with Crippen LogP contribution in [-0.4, -0.2) is 34.7 Å². The molecule has 0 aromatic heterocycles. The molecule has 0 rings (SSSR count). The van der Waals surface area contributed by atoms with Gasteiger partial charge >= 0.3 is 11.9 Å². The van der Waals surface area contributed by atoms with Crippen LogP contribution in [0.25, 0.3) is 0 Å². The van der Waals surface area contributed by atoms with Crippen LogP contribution in [-0.2, 0) is 9.59 Å². The summed E-state index contributed by atoms with van der Waals surface area (Å²) < 4.78 is 0. The first-order valence-corrected chi connectivity index (χ1v) is 12.0. The van der Waals surface area contributed by atoms with Gasteiger partial charge < -0.3 is 21.7 Å². The highest BCUT2D eigenvalue weighted by Gasteiger charge is 2.09. The number of rotatable bonds is 20. The number of carbonyl (C=O) groups is 2. The molecule has 6 N–H and O–H groups in total. The molecule has 0 heterocycles. The second kappa shape index (κ2) is 25.6. The summed E-state index contributed by atoms with van der Waals surface area (Å²) in [7, 11) is 0. The Morgan fingerprint density at radius 3 is 1.73 bits per heavy atom. The molecular formula is C24H48N2O4. The van der Waals surface area contributed by atoms with Crippen LogP contribution in [0.15, 0.2) is 12.2 Å². The van der Waals surface area contributed by atoms with Crippen molar-refractivity contribution in [3.05, 3.63) is 12.2 Å². The molecule has 1 atom stereocenters. The van der Waals surface area contributed by atoms with Gasteiger partial charge in [0.2, 0.25) is 0 Å². The molecule has 30 heavy (non-hydrogen) atoms. The Kier molecular flexibility index (Phi) is 26.3. The maximum absolute atomic E-state index is 10.3. The van der Waals surface area contributed by atoms with Crippen LogP contribution in [0, 0.1) is 0 Å². The Balaban J connectivity index is 0. The Labute approximate surface area is 184 Å². The van der Waals surface area contributed by atoms with Gasteiger partial charge in [0.15, 0.2) is 0 Å². The predicted octanol–water partition coefficient (Wildman–Crippen LogP) is 5.64. The molecule has 0 radical (unpaired) electrons. The van der Waals surface area contributed by atoms with E-state index in [4.69, 9.17) is 21.7 Å².